The van der Waals surface area contributed by atoms with E-state index in [9.17, 15) is 8.76 Å². The number of aromatic amines is 2. The largest absolute Gasteiger partial charge is 0.361 e. The van der Waals surface area contributed by atoms with Gasteiger partial charge in [0.1, 0.15) is 5.76 Å². The molecule has 1 atom stereocenters. The standard InChI is InChI=1S/C13H13N3O3S2/c1-6-9(7(2)19-16-6)5-8-3-4-10(21(17)18)12-11(8)14-13(20)15-12/h3-4H,5H2,1-2H3,(H,17,18)(H2,14,15,20). The van der Waals surface area contributed by atoms with Crippen molar-refractivity contribution in [3.63, 3.8) is 0 Å². The van der Waals surface area contributed by atoms with Gasteiger partial charge in [-0.1, -0.05) is 11.2 Å². The zero-order valence-corrected chi connectivity index (χ0v) is 13.0. The van der Waals surface area contributed by atoms with Crippen molar-refractivity contribution in [1.82, 2.24) is 15.1 Å². The molecule has 0 saturated heterocycles. The molecule has 2 aromatic heterocycles. The predicted molar refractivity (Wildman–Crippen MR) is 81.3 cm³/mol. The number of imidazole rings is 1. The molecule has 21 heavy (non-hydrogen) atoms. The zero-order valence-electron chi connectivity index (χ0n) is 11.4. The van der Waals surface area contributed by atoms with Crippen molar-refractivity contribution in [3.8, 4) is 0 Å². The van der Waals surface area contributed by atoms with Crippen molar-refractivity contribution >= 4 is 34.3 Å². The van der Waals surface area contributed by atoms with Crippen LogP contribution in [0.5, 0.6) is 0 Å². The number of hydrogen-bond donors (Lipinski definition) is 3. The number of hydrogen-bond acceptors (Lipinski definition) is 4. The lowest BCUT2D eigenvalue weighted by Gasteiger charge is -2.05. The highest BCUT2D eigenvalue weighted by Crippen LogP contribution is 2.26. The number of nitrogens with one attached hydrogen (secondary N) is 2. The maximum Gasteiger partial charge on any atom is 0.188 e. The lowest BCUT2D eigenvalue weighted by Crippen LogP contribution is -1.96. The van der Waals surface area contributed by atoms with Crippen LogP contribution >= 0.6 is 12.2 Å². The molecule has 2 heterocycles. The summed E-state index contributed by atoms with van der Waals surface area (Å²) < 4.78 is 26.3. The lowest BCUT2D eigenvalue weighted by atomic mass is 10.0. The Bertz CT molecular complexity index is 888. The van der Waals surface area contributed by atoms with E-state index in [1.54, 1.807) is 6.07 Å². The predicted octanol–water partition coefficient (Wildman–Crippen LogP) is 3.00. The second-order valence-corrected chi connectivity index (χ2v) is 6.13. The molecule has 0 fully saturated rings. The first-order chi connectivity index (χ1) is 9.97. The highest BCUT2D eigenvalue weighted by atomic mass is 32.2. The van der Waals surface area contributed by atoms with Gasteiger partial charge >= 0.3 is 0 Å². The van der Waals surface area contributed by atoms with Crippen LogP contribution in [0.3, 0.4) is 0 Å². The van der Waals surface area contributed by atoms with Gasteiger partial charge < -0.3 is 19.0 Å². The number of nitrogens with zero attached hydrogens (tertiary/aromatic N) is 1. The summed E-state index contributed by atoms with van der Waals surface area (Å²) in [4.78, 5) is 6.27. The second kappa shape index (κ2) is 5.21. The molecule has 0 amide bonds. The molecule has 3 rings (SSSR count). The average molecular weight is 323 g/mol. The van der Waals surface area contributed by atoms with Crippen LogP contribution in [0.2, 0.25) is 0 Å². The molecule has 6 nitrogen and oxygen atoms in total. The molecule has 8 heteroatoms. The molecule has 0 aliphatic rings. The van der Waals surface area contributed by atoms with E-state index in [1.807, 2.05) is 19.9 Å². The van der Waals surface area contributed by atoms with Gasteiger partial charge in [0, 0.05) is 12.0 Å². The summed E-state index contributed by atoms with van der Waals surface area (Å²) in [6.45, 7) is 3.75. The number of aryl methyl sites for hydroxylation is 2. The van der Waals surface area contributed by atoms with E-state index in [0.29, 0.717) is 21.6 Å². The van der Waals surface area contributed by atoms with Crippen LogP contribution in [0.4, 0.5) is 0 Å². The second-order valence-electron chi connectivity index (χ2n) is 4.78. The van der Waals surface area contributed by atoms with Gasteiger partial charge in [-0.05, 0) is 37.7 Å². The summed E-state index contributed by atoms with van der Waals surface area (Å²) >= 11 is 3.02. The van der Waals surface area contributed by atoms with E-state index in [-0.39, 0.29) is 0 Å². The minimum atomic E-state index is -2.07. The van der Waals surface area contributed by atoms with Crippen LogP contribution in [0.25, 0.3) is 11.0 Å². The molecular formula is C13H13N3O3S2. The fourth-order valence-electron chi connectivity index (χ4n) is 2.39. The van der Waals surface area contributed by atoms with E-state index in [2.05, 4.69) is 15.1 Å². The van der Waals surface area contributed by atoms with Gasteiger partial charge in [0.15, 0.2) is 15.9 Å². The molecule has 3 aromatic rings. The molecule has 110 valence electrons. The Morgan fingerprint density at radius 2 is 2.05 bits per heavy atom. The number of rotatable bonds is 3. The minimum Gasteiger partial charge on any atom is -0.361 e. The molecule has 0 bridgehead atoms. The van der Waals surface area contributed by atoms with Crippen molar-refractivity contribution < 1.29 is 13.3 Å². The Kier molecular flexibility index (Phi) is 3.52. The van der Waals surface area contributed by atoms with Crippen LogP contribution in [-0.4, -0.2) is 23.9 Å². The minimum absolute atomic E-state index is 0.305. The quantitative estimate of drug-likeness (QED) is 0.509. The number of aromatic nitrogens is 3. The summed E-state index contributed by atoms with van der Waals surface area (Å²) in [5, 5.41) is 3.94. The normalized spacial score (nSPS) is 12.9. The fourth-order valence-corrected chi connectivity index (χ4v) is 3.11. The maximum atomic E-state index is 11.4. The fraction of sp³-hybridized carbons (Fsp3) is 0.231. The van der Waals surface area contributed by atoms with E-state index < -0.39 is 11.1 Å². The summed E-state index contributed by atoms with van der Waals surface area (Å²) in [7, 11) is 0. The molecule has 0 aliphatic heterocycles. The van der Waals surface area contributed by atoms with Crippen LogP contribution in [0.15, 0.2) is 21.6 Å². The Morgan fingerprint density at radius 1 is 1.33 bits per heavy atom. The SMILES string of the molecule is Cc1noc(C)c1Cc1ccc(S(=O)O)c2[nH]c(=S)[nH]c12. The number of H-pyrrole nitrogens is 2. The first-order valence-corrected chi connectivity index (χ1v) is 7.75. The van der Waals surface area contributed by atoms with Gasteiger partial charge in [-0.3, -0.25) is 0 Å². The van der Waals surface area contributed by atoms with Gasteiger partial charge in [-0.2, -0.15) is 0 Å². The maximum absolute atomic E-state index is 11.4. The molecule has 1 aromatic carbocycles. The topological polar surface area (TPSA) is 94.9 Å². The van der Waals surface area contributed by atoms with Crippen molar-refractivity contribution in [2.75, 3.05) is 0 Å². The lowest BCUT2D eigenvalue weighted by molar-refractivity contribution is 0.392. The third-order valence-electron chi connectivity index (χ3n) is 3.47. The summed E-state index contributed by atoms with van der Waals surface area (Å²) in [6.07, 6.45) is 0.610. The molecule has 0 aliphatic carbocycles. The Hall–Kier alpha value is -1.77. The van der Waals surface area contributed by atoms with Gasteiger partial charge in [0.2, 0.25) is 0 Å². The van der Waals surface area contributed by atoms with E-state index >= 15 is 0 Å². The van der Waals surface area contributed by atoms with Crippen LogP contribution in [-0.2, 0) is 17.5 Å². The molecule has 0 radical (unpaired) electrons. The third kappa shape index (κ3) is 2.45. The van der Waals surface area contributed by atoms with Crippen LogP contribution < -0.4 is 0 Å². The highest BCUT2D eigenvalue weighted by Gasteiger charge is 2.16. The molecule has 0 saturated carbocycles. The summed E-state index contributed by atoms with van der Waals surface area (Å²) in [5.74, 6) is 0.768. The Balaban J connectivity index is 2.18. The Morgan fingerprint density at radius 3 is 2.67 bits per heavy atom. The van der Waals surface area contributed by atoms with Crippen LogP contribution in [0.1, 0.15) is 22.6 Å². The zero-order chi connectivity index (χ0) is 15.1. The number of benzene rings is 1. The number of fused-ring (bicyclic) bond motifs is 1. The highest BCUT2D eigenvalue weighted by molar-refractivity contribution is 7.79. The summed E-state index contributed by atoms with van der Waals surface area (Å²) in [5.41, 5.74) is 4.10. The van der Waals surface area contributed by atoms with Crippen molar-refractivity contribution in [1.29, 1.82) is 0 Å². The smallest absolute Gasteiger partial charge is 0.188 e. The van der Waals surface area contributed by atoms with Gasteiger partial charge in [-0.25, -0.2) is 4.21 Å². The van der Waals surface area contributed by atoms with Crippen molar-refractivity contribution in [2.24, 2.45) is 0 Å². The average Bonchev–Trinajstić information content (AvgIpc) is 2.95. The monoisotopic (exact) mass is 323 g/mol. The molecule has 1 unspecified atom stereocenters. The first kappa shape index (κ1) is 14.2. The van der Waals surface area contributed by atoms with Gasteiger partial charge in [0.05, 0.1) is 21.6 Å². The third-order valence-corrected chi connectivity index (χ3v) is 4.39. The summed E-state index contributed by atoms with van der Waals surface area (Å²) in [6, 6.07) is 3.45. The van der Waals surface area contributed by atoms with Crippen LogP contribution in [0, 0.1) is 18.6 Å². The van der Waals surface area contributed by atoms with E-state index in [0.717, 1.165) is 28.1 Å². The van der Waals surface area contributed by atoms with Gasteiger partial charge in [0.25, 0.3) is 0 Å². The van der Waals surface area contributed by atoms with Crippen molar-refractivity contribution in [2.45, 2.75) is 25.2 Å². The molecule has 3 N–H and O–H groups in total. The molecule has 0 spiro atoms. The van der Waals surface area contributed by atoms with E-state index in [4.69, 9.17) is 16.7 Å². The van der Waals surface area contributed by atoms with Crippen molar-refractivity contribution in [3.05, 3.63) is 39.5 Å². The molecular weight excluding hydrogens is 310 g/mol. The van der Waals surface area contributed by atoms with E-state index in [1.165, 1.54) is 0 Å². The Labute approximate surface area is 127 Å². The first-order valence-electron chi connectivity index (χ1n) is 6.24. The van der Waals surface area contributed by atoms with Gasteiger partial charge in [-0.15, -0.1) is 0 Å².